The summed E-state index contributed by atoms with van der Waals surface area (Å²) in [6.45, 7) is 0.413. The third-order valence-corrected chi connectivity index (χ3v) is 8.58. The van der Waals surface area contributed by atoms with Crippen molar-refractivity contribution in [1.29, 1.82) is 0 Å². The number of fused-ring (bicyclic) bond motifs is 1. The fourth-order valence-electron chi connectivity index (χ4n) is 4.99. The van der Waals surface area contributed by atoms with Gasteiger partial charge in [0, 0.05) is 17.9 Å². The van der Waals surface area contributed by atoms with E-state index in [1.54, 1.807) is 18.2 Å². The third-order valence-electron chi connectivity index (χ3n) is 6.77. The van der Waals surface area contributed by atoms with Gasteiger partial charge >= 0.3 is 6.03 Å². The van der Waals surface area contributed by atoms with Crippen LogP contribution >= 0.6 is 0 Å². The van der Waals surface area contributed by atoms with Crippen LogP contribution < -0.4 is 14.9 Å². The number of para-hydroxylation sites is 1. The highest BCUT2D eigenvalue weighted by molar-refractivity contribution is 7.92. The molecule has 0 radical (unpaired) electrons. The Morgan fingerprint density at radius 3 is 2.35 bits per heavy atom. The van der Waals surface area contributed by atoms with Crippen molar-refractivity contribution >= 4 is 33.1 Å². The first kappa shape index (κ1) is 22.5. The number of amides is 2. The van der Waals surface area contributed by atoms with Gasteiger partial charge in [0.2, 0.25) is 0 Å². The summed E-state index contributed by atoms with van der Waals surface area (Å²) in [6, 6.07) is 21.6. The lowest BCUT2D eigenvalue weighted by Gasteiger charge is -2.22. The number of benzene rings is 3. The molecule has 5 rings (SSSR count). The van der Waals surface area contributed by atoms with Crippen molar-refractivity contribution in [1.82, 2.24) is 0 Å². The third kappa shape index (κ3) is 4.66. The molecule has 3 aromatic carbocycles. The summed E-state index contributed by atoms with van der Waals surface area (Å²) >= 11 is 0. The van der Waals surface area contributed by atoms with Gasteiger partial charge in [-0.2, -0.15) is 0 Å². The number of hydrogen-bond donors (Lipinski definition) is 2. The molecule has 0 saturated heterocycles. The molecule has 0 bridgehead atoms. The van der Waals surface area contributed by atoms with Crippen LogP contribution in [0.1, 0.15) is 49.1 Å². The summed E-state index contributed by atoms with van der Waals surface area (Å²) in [6.07, 6.45) is 7.04. The van der Waals surface area contributed by atoms with Gasteiger partial charge in [0.15, 0.2) is 0 Å². The average molecular weight is 476 g/mol. The summed E-state index contributed by atoms with van der Waals surface area (Å²) in [5, 5.41) is 5.59. The average Bonchev–Trinajstić information content (AvgIpc) is 3.30. The smallest absolute Gasteiger partial charge is 0.308 e. The van der Waals surface area contributed by atoms with Gasteiger partial charge < -0.3 is 10.6 Å². The molecular formula is C27H29N3O3S. The lowest BCUT2D eigenvalue weighted by Crippen LogP contribution is -2.29. The van der Waals surface area contributed by atoms with Gasteiger partial charge in [-0.05, 0) is 72.7 Å². The van der Waals surface area contributed by atoms with Crippen molar-refractivity contribution in [3.8, 4) is 0 Å². The molecule has 3 aromatic rings. The molecule has 1 fully saturated rings. The van der Waals surface area contributed by atoms with Crippen molar-refractivity contribution in [2.75, 3.05) is 21.5 Å². The van der Waals surface area contributed by atoms with E-state index in [1.807, 2.05) is 36.4 Å². The lowest BCUT2D eigenvalue weighted by molar-refractivity contribution is 0.262. The van der Waals surface area contributed by atoms with E-state index in [9.17, 15) is 13.2 Å². The van der Waals surface area contributed by atoms with Crippen LogP contribution in [0, 0.1) is 0 Å². The Morgan fingerprint density at radius 1 is 0.824 bits per heavy atom. The van der Waals surface area contributed by atoms with Gasteiger partial charge in [0.05, 0.1) is 10.6 Å². The number of carbonyl (C=O) groups is 1. The first-order chi connectivity index (χ1) is 16.5. The SMILES string of the molecule is O=C(Nc1ccc(C2CCCCC2)cc1)Nc1cccc(S(=O)(=O)N2CCc3ccccc32)c1. The summed E-state index contributed by atoms with van der Waals surface area (Å²) in [5.74, 6) is 0.615. The topological polar surface area (TPSA) is 78.5 Å². The number of anilines is 3. The Bertz CT molecular complexity index is 1280. The zero-order valence-electron chi connectivity index (χ0n) is 19.0. The fourth-order valence-corrected chi connectivity index (χ4v) is 6.54. The first-order valence-electron chi connectivity index (χ1n) is 11.9. The normalized spacial score (nSPS) is 16.2. The minimum Gasteiger partial charge on any atom is -0.308 e. The molecule has 0 aromatic heterocycles. The van der Waals surface area contributed by atoms with Crippen LogP contribution in [0.25, 0.3) is 0 Å². The molecule has 34 heavy (non-hydrogen) atoms. The van der Waals surface area contributed by atoms with Crippen LogP contribution in [0.2, 0.25) is 0 Å². The Labute approximate surface area is 201 Å². The zero-order chi connectivity index (χ0) is 23.5. The van der Waals surface area contributed by atoms with E-state index in [-0.39, 0.29) is 4.90 Å². The zero-order valence-corrected chi connectivity index (χ0v) is 19.9. The van der Waals surface area contributed by atoms with E-state index in [0.29, 0.717) is 30.3 Å². The highest BCUT2D eigenvalue weighted by Gasteiger charge is 2.30. The second-order valence-electron chi connectivity index (χ2n) is 9.02. The van der Waals surface area contributed by atoms with Crippen LogP contribution in [-0.2, 0) is 16.4 Å². The maximum Gasteiger partial charge on any atom is 0.323 e. The van der Waals surface area contributed by atoms with Crippen LogP contribution in [0.4, 0.5) is 21.9 Å². The van der Waals surface area contributed by atoms with Crippen molar-refractivity contribution in [3.63, 3.8) is 0 Å². The molecule has 1 aliphatic carbocycles. The summed E-state index contributed by atoms with van der Waals surface area (Å²) in [5.41, 5.74) is 4.19. The number of urea groups is 1. The second-order valence-corrected chi connectivity index (χ2v) is 10.9. The highest BCUT2D eigenvalue weighted by Crippen LogP contribution is 2.34. The molecule has 0 spiro atoms. The number of rotatable bonds is 5. The summed E-state index contributed by atoms with van der Waals surface area (Å²) < 4.78 is 28.0. The molecule has 0 unspecified atom stereocenters. The van der Waals surface area contributed by atoms with E-state index < -0.39 is 16.1 Å². The van der Waals surface area contributed by atoms with Crippen molar-refractivity contribution < 1.29 is 13.2 Å². The van der Waals surface area contributed by atoms with Gasteiger partial charge in [-0.1, -0.05) is 55.7 Å². The van der Waals surface area contributed by atoms with Gasteiger partial charge in [-0.25, -0.2) is 13.2 Å². The molecule has 0 atom stereocenters. The largest absolute Gasteiger partial charge is 0.323 e. The maximum atomic E-state index is 13.3. The molecule has 7 heteroatoms. The minimum absolute atomic E-state index is 0.152. The summed E-state index contributed by atoms with van der Waals surface area (Å²) in [7, 11) is -3.72. The molecule has 2 N–H and O–H groups in total. The quantitative estimate of drug-likeness (QED) is 0.466. The predicted octanol–water partition coefficient (Wildman–Crippen LogP) is 6.13. The van der Waals surface area contributed by atoms with Crippen molar-refractivity contribution in [2.45, 2.75) is 49.3 Å². The van der Waals surface area contributed by atoms with Crippen LogP contribution in [0.15, 0.2) is 77.7 Å². The van der Waals surface area contributed by atoms with E-state index in [2.05, 4.69) is 22.8 Å². The molecule has 2 amide bonds. The van der Waals surface area contributed by atoms with E-state index in [0.717, 1.165) is 11.3 Å². The molecule has 1 aliphatic heterocycles. The Balaban J connectivity index is 1.25. The molecular weight excluding hydrogens is 446 g/mol. The van der Waals surface area contributed by atoms with Gasteiger partial charge in [-0.3, -0.25) is 4.31 Å². The van der Waals surface area contributed by atoms with Crippen LogP contribution in [0.3, 0.4) is 0 Å². The monoisotopic (exact) mass is 475 g/mol. The van der Waals surface area contributed by atoms with Crippen LogP contribution in [0.5, 0.6) is 0 Å². The van der Waals surface area contributed by atoms with E-state index in [4.69, 9.17) is 0 Å². The first-order valence-corrected chi connectivity index (χ1v) is 13.3. The Hall–Kier alpha value is -3.32. The fraction of sp³-hybridized carbons (Fsp3) is 0.296. The maximum absolute atomic E-state index is 13.3. The molecule has 1 heterocycles. The van der Waals surface area contributed by atoms with Gasteiger partial charge in [0.1, 0.15) is 0 Å². The number of hydrogen-bond acceptors (Lipinski definition) is 3. The lowest BCUT2D eigenvalue weighted by atomic mass is 9.84. The second kappa shape index (κ2) is 9.50. The number of nitrogens with one attached hydrogen (secondary N) is 2. The van der Waals surface area contributed by atoms with E-state index >= 15 is 0 Å². The Morgan fingerprint density at radius 2 is 1.56 bits per heavy atom. The van der Waals surface area contributed by atoms with Crippen molar-refractivity contribution in [3.05, 3.63) is 83.9 Å². The standard InChI is InChI=1S/C27H29N3O3S/c31-27(28-23-15-13-21(14-16-23)20-7-2-1-3-8-20)29-24-10-6-11-25(19-24)34(32,33)30-18-17-22-9-4-5-12-26(22)30/h4-6,9-16,19-20H,1-3,7-8,17-18H2,(H2,28,29,31). The van der Waals surface area contributed by atoms with E-state index in [1.165, 1.54) is 48.0 Å². The van der Waals surface area contributed by atoms with Crippen LogP contribution in [-0.4, -0.2) is 21.0 Å². The molecule has 2 aliphatic rings. The predicted molar refractivity (Wildman–Crippen MR) is 136 cm³/mol. The summed E-state index contributed by atoms with van der Waals surface area (Å²) in [4.78, 5) is 12.7. The minimum atomic E-state index is -3.72. The van der Waals surface area contributed by atoms with Gasteiger partial charge in [0.25, 0.3) is 10.0 Å². The number of carbonyl (C=O) groups excluding carboxylic acids is 1. The van der Waals surface area contributed by atoms with Gasteiger partial charge in [-0.15, -0.1) is 0 Å². The molecule has 6 nitrogen and oxygen atoms in total. The molecule has 1 saturated carbocycles. The number of nitrogens with zero attached hydrogens (tertiary/aromatic N) is 1. The van der Waals surface area contributed by atoms with Crippen molar-refractivity contribution in [2.24, 2.45) is 0 Å². The molecule has 176 valence electrons. The Kier molecular flexibility index (Phi) is 6.28. The number of sulfonamides is 1. The highest BCUT2D eigenvalue weighted by atomic mass is 32.2.